The number of carbonyl (C=O) groups excluding carboxylic acids is 1. The summed E-state index contributed by atoms with van der Waals surface area (Å²) in [4.78, 5) is 21.3. The molecule has 0 radical (unpaired) electrons. The number of nitro groups is 1. The Hall–Kier alpha value is -1.80. The predicted octanol–water partition coefficient (Wildman–Crippen LogP) is 1.97. The highest BCUT2D eigenvalue weighted by Gasteiger charge is 2.32. The van der Waals surface area contributed by atoms with Gasteiger partial charge in [-0.05, 0) is 31.9 Å². The molecule has 0 aliphatic carbocycles. The number of carbonyl (C=O) groups is 1. The molecule has 1 saturated heterocycles. The van der Waals surface area contributed by atoms with Crippen molar-refractivity contribution < 1.29 is 18.1 Å². The number of hydrogen-bond donors (Lipinski definition) is 0. The molecule has 1 aromatic rings. The van der Waals surface area contributed by atoms with Crippen LogP contribution in [0.1, 0.15) is 36.5 Å². The topological polar surface area (TPSA) is 97.6 Å². The van der Waals surface area contributed by atoms with Crippen LogP contribution >= 0.6 is 0 Å². The molecule has 1 fully saturated rings. The van der Waals surface area contributed by atoms with Crippen molar-refractivity contribution in [2.45, 2.75) is 31.1 Å². The van der Waals surface area contributed by atoms with Gasteiger partial charge in [0.15, 0.2) is 10.7 Å². The molecule has 0 amide bonds. The number of piperidine rings is 1. The third-order valence-corrected chi connectivity index (χ3v) is 5.44. The van der Waals surface area contributed by atoms with Gasteiger partial charge in [0.2, 0.25) is 10.0 Å². The number of ketones is 1. The average molecular weight is 312 g/mol. The van der Waals surface area contributed by atoms with Gasteiger partial charge in [0, 0.05) is 24.7 Å². The lowest BCUT2D eigenvalue weighted by Gasteiger charge is -2.25. The second-order valence-corrected chi connectivity index (χ2v) is 6.87. The Balaban J connectivity index is 2.51. The second kappa shape index (κ2) is 5.90. The Labute approximate surface area is 122 Å². The number of nitro benzene ring substituents is 1. The molecule has 7 nitrogen and oxygen atoms in total. The van der Waals surface area contributed by atoms with Gasteiger partial charge in [0.05, 0.1) is 4.92 Å². The van der Waals surface area contributed by atoms with Gasteiger partial charge in [-0.25, -0.2) is 8.42 Å². The van der Waals surface area contributed by atoms with Crippen LogP contribution in [0.3, 0.4) is 0 Å². The molecule has 0 spiro atoms. The van der Waals surface area contributed by atoms with E-state index in [1.165, 1.54) is 17.3 Å². The molecular weight excluding hydrogens is 296 g/mol. The number of nitrogens with zero attached hydrogens (tertiary/aromatic N) is 2. The monoisotopic (exact) mass is 312 g/mol. The van der Waals surface area contributed by atoms with E-state index in [4.69, 9.17) is 0 Å². The zero-order valence-corrected chi connectivity index (χ0v) is 12.4. The summed E-state index contributed by atoms with van der Waals surface area (Å²) < 4.78 is 26.3. The van der Waals surface area contributed by atoms with Gasteiger partial charge in [0.25, 0.3) is 5.69 Å². The Morgan fingerprint density at radius 3 is 2.38 bits per heavy atom. The van der Waals surface area contributed by atoms with Crippen LogP contribution in [0, 0.1) is 10.1 Å². The normalized spacial score (nSPS) is 16.6. The maximum atomic E-state index is 12.5. The van der Waals surface area contributed by atoms with Crippen LogP contribution in [0.5, 0.6) is 0 Å². The number of Topliss-reactive ketones (excluding diaryl/α,β-unsaturated/α-hetero) is 1. The third kappa shape index (κ3) is 3.11. The molecule has 1 aliphatic rings. The molecule has 21 heavy (non-hydrogen) atoms. The molecule has 8 heteroatoms. The first-order chi connectivity index (χ1) is 9.84. The fourth-order valence-corrected chi connectivity index (χ4v) is 4.00. The van der Waals surface area contributed by atoms with Crippen LogP contribution in [0.25, 0.3) is 0 Å². The van der Waals surface area contributed by atoms with Crippen LogP contribution in [-0.2, 0) is 10.0 Å². The van der Waals surface area contributed by atoms with E-state index in [0.29, 0.717) is 13.1 Å². The van der Waals surface area contributed by atoms with Crippen molar-refractivity contribution in [3.63, 3.8) is 0 Å². The van der Waals surface area contributed by atoms with Crippen molar-refractivity contribution in [2.24, 2.45) is 0 Å². The molecule has 0 unspecified atom stereocenters. The zero-order valence-electron chi connectivity index (χ0n) is 11.6. The maximum absolute atomic E-state index is 12.5. The minimum atomic E-state index is -3.90. The van der Waals surface area contributed by atoms with E-state index in [2.05, 4.69) is 0 Å². The van der Waals surface area contributed by atoms with E-state index >= 15 is 0 Å². The minimum Gasteiger partial charge on any atom is -0.295 e. The lowest BCUT2D eigenvalue weighted by atomic mass is 10.1. The summed E-state index contributed by atoms with van der Waals surface area (Å²) in [5.74, 6) is -0.347. The second-order valence-electron chi connectivity index (χ2n) is 4.96. The molecule has 0 aromatic heterocycles. The SMILES string of the molecule is CC(=O)c1ccc(S(=O)(=O)N2CCCCC2)c([N+](=O)[O-])c1. The first kappa shape index (κ1) is 15.6. The molecule has 0 saturated carbocycles. The van der Waals surface area contributed by atoms with Gasteiger partial charge in [0.1, 0.15) is 0 Å². The van der Waals surface area contributed by atoms with Gasteiger partial charge in [-0.1, -0.05) is 6.42 Å². The number of benzene rings is 1. The Morgan fingerprint density at radius 2 is 1.86 bits per heavy atom. The van der Waals surface area contributed by atoms with Crippen molar-refractivity contribution in [3.05, 3.63) is 33.9 Å². The Morgan fingerprint density at radius 1 is 1.24 bits per heavy atom. The standard InChI is InChI=1S/C13H16N2O5S/c1-10(16)11-5-6-13(12(9-11)15(17)18)21(19,20)14-7-3-2-4-8-14/h5-6,9H,2-4,7-8H2,1H3. The molecule has 0 atom stereocenters. The van der Waals surface area contributed by atoms with E-state index < -0.39 is 20.6 Å². The summed E-state index contributed by atoms with van der Waals surface area (Å²) in [7, 11) is -3.90. The largest absolute Gasteiger partial charge is 0.295 e. The van der Waals surface area contributed by atoms with E-state index in [1.807, 2.05) is 0 Å². The van der Waals surface area contributed by atoms with Crippen molar-refractivity contribution in [3.8, 4) is 0 Å². The third-order valence-electron chi connectivity index (χ3n) is 3.50. The molecular formula is C13H16N2O5S. The van der Waals surface area contributed by atoms with Gasteiger partial charge >= 0.3 is 0 Å². The van der Waals surface area contributed by atoms with E-state index in [-0.39, 0.29) is 16.2 Å². The Kier molecular flexibility index (Phi) is 4.38. The predicted molar refractivity (Wildman–Crippen MR) is 75.7 cm³/mol. The van der Waals surface area contributed by atoms with Crippen LogP contribution in [0.4, 0.5) is 5.69 Å². The fraction of sp³-hybridized carbons (Fsp3) is 0.462. The summed E-state index contributed by atoms with van der Waals surface area (Å²) in [6.07, 6.45) is 2.45. The smallest absolute Gasteiger partial charge is 0.290 e. The first-order valence-corrected chi connectivity index (χ1v) is 8.07. The van der Waals surface area contributed by atoms with Crippen molar-refractivity contribution in [2.75, 3.05) is 13.1 Å². The van der Waals surface area contributed by atoms with Crippen molar-refractivity contribution >= 4 is 21.5 Å². The van der Waals surface area contributed by atoms with Crippen LogP contribution in [0.2, 0.25) is 0 Å². The molecule has 1 heterocycles. The Bertz CT molecular complexity index is 678. The van der Waals surface area contributed by atoms with Gasteiger partial charge in [-0.15, -0.1) is 0 Å². The average Bonchev–Trinajstić information content (AvgIpc) is 2.47. The van der Waals surface area contributed by atoms with Crippen LogP contribution < -0.4 is 0 Å². The lowest BCUT2D eigenvalue weighted by molar-refractivity contribution is -0.387. The van der Waals surface area contributed by atoms with Gasteiger partial charge in [-0.2, -0.15) is 4.31 Å². The molecule has 2 rings (SSSR count). The summed E-state index contributed by atoms with van der Waals surface area (Å²) in [5.41, 5.74) is -0.424. The van der Waals surface area contributed by atoms with Gasteiger partial charge in [-0.3, -0.25) is 14.9 Å². The fourth-order valence-electron chi connectivity index (χ4n) is 2.34. The molecule has 0 bridgehead atoms. The first-order valence-electron chi connectivity index (χ1n) is 6.63. The highest BCUT2D eigenvalue weighted by Crippen LogP contribution is 2.29. The summed E-state index contributed by atoms with van der Waals surface area (Å²) in [6.45, 7) is 2.01. The zero-order chi connectivity index (χ0) is 15.6. The van der Waals surface area contributed by atoms with Crippen LogP contribution in [-0.4, -0.2) is 36.5 Å². The highest BCUT2D eigenvalue weighted by atomic mass is 32.2. The van der Waals surface area contributed by atoms with Crippen molar-refractivity contribution in [1.29, 1.82) is 0 Å². The van der Waals surface area contributed by atoms with Crippen LogP contribution in [0.15, 0.2) is 23.1 Å². The van der Waals surface area contributed by atoms with Gasteiger partial charge < -0.3 is 0 Å². The van der Waals surface area contributed by atoms with E-state index in [9.17, 15) is 23.3 Å². The summed E-state index contributed by atoms with van der Waals surface area (Å²) in [5, 5.41) is 11.1. The molecule has 114 valence electrons. The van der Waals surface area contributed by atoms with E-state index in [0.717, 1.165) is 31.4 Å². The minimum absolute atomic E-state index is 0.124. The number of rotatable bonds is 4. The number of sulfonamides is 1. The quantitative estimate of drug-likeness (QED) is 0.481. The maximum Gasteiger partial charge on any atom is 0.290 e. The van der Waals surface area contributed by atoms with E-state index in [1.54, 1.807) is 0 Å². The van der Waals surface area contributed by atoms with Crippen molar-refractivity contribution in [1.82, 2.24) is 4.31 Å². The molecule has 0 N–H and O–H groups in total. The molecule has 1 aromatic carbocycles. The summed E-state index contributed by atoms with van der Waals surface area (Å²) in [6, 6.07) is 3.49. The number of hydrogen-bond acceptors (Lipinski definition) is 5. The summed E-state index contributed by atoms with van der Waals surface area (Å²) >= 11 is 0. The highest BCUT2D eigenvalue weighted by molar-refractivity contribution is 7.89. The lowest BCUT2D eigenvalue weighted by Crippen LogP contribution is -2.35. The molecule has 1 aliphatic heterocycles.